The van der Waals surface area contributed by atoms with Crippen LogP contribution in [0.5, 0.6) is 0 Å². The Morgan fingerprint density at radius 1 is 0.951 bits per heavy atom. The third kappa shape index (κ3) is 12.1. The molecule has 0 saturated heterocycles. The number of hydrogen-bond donors (Lipinski definition) is 8. The summed E-state index contributed by atoms with van der Waals surface area (Å²) in [4.78, 5) is 62.1. The second kappa shape index (κ2) is 16.6. The van der Waals surface area contributed by atoms with Crippen LogP contribution in [-0.2, 0) is 32.0 Å². The quantitative estimate of drug-likeness (QED) is 0.0669. The minimum absolute atomic E-state index is 0.0128. The van der Waals surface area contributed by atoms with Crippen LogP contribution in [0.1, 0.15) is 44.4 Å². The molecule has 1 aromatic carbocycles. The van der Waals surface area contributed by atoms with Crippen LogP contribution in [0.2, 0.25) is 0 Å². The largest absolute Gasteiger partial charge is 0.480 e. The van der Waals surface area contributed by atoms with Crippen molar-refractivity contribution in [3.8, 4) is 0 Å². The lowest BCUT2D eigenvalue weighted by Gasteiger charge is -2.26. The molecule has 14 heteroatoms. The van der Waals surface area contributed by atoms with Crippen molar-refractivity contribution in [3.63, 3.8) is 0 Å². The number of rotatable bonds is 17. The molecule has 0 radical (unpaired) electrons. The standard InChI is InChI=1S/C27H41N9O5/c1-16(2)11-21(25(39)36-22(26(40)41)12-17-7-4-3-5-8-17)35-24(38)20(9-6-10-32-27(29)30)34-23(37)19(28)13-18-14-31-15-33-18/h3-5,7-8,14-16,19-22H,6,9-13,28H2,1-2H3,(H,31,33)(H,34,37)(H,35,38)(H,36,39)(H,40,41)(H4,29,30,32). The second-order valence-corrected chi connectivity index (χ2v) is 10.2. The number of carboxylic acid groups (broad SMARTS) is 1. The van der Waals surface area contributed by atoms with Crippen molar-refractivity contribution in [2.75, 3.05) is 6.54 Å². The molecule has 0 fully saturated rings. The topological polar surface area (TPSA) is 244 Å². The van der Waals surface area contributed by atoms with Crippen molar-refractivity contribution in [2.24, 2.45) is 28.1 Å². The average molecular weight is 572 g/mol. The number of imidazole rings is 1. The van der Waals surface area contributed by atoms with Gasteiger partial charge in [0.15, 0.2) is 5.96 Å². The first-order valence-corrected chi connectivity index (χ1v) is 13.4. The van der Waals surface area contributed by atoms with E-state index in [1.54, 1.807) is 30.5 Å². The van der Waals surface area contributed by atoms with Gasteiger partial charge in [0.1, 0.15) is 18.1 Å². The fourth-order valence-corrected chi connectivity index (χ4v) is 4.07. The van der Waals surface area contributed by atoms with Crippen LogP contribution in [-0.4, -0.2) is 75.4 Å². The highest BCUT2D eigenvalue weighted by atomic mass is 16.4. The Labute approximate surface area is 238 Å². The predicted octanol–water partition coefficient (Wildman–Crippen LogP) is -0.839. The molecule has 224 valence electrons. The van der Waals surface area contributed by atoms with E-state index >= 15 is 0 Å². The lowest BCUT2D eigenvalue weighted by molar-refractivity contribution is -0.142. The van der Waals surface area contributed by atoms with Gasteiger partial charge >= 0.3 is 5.97 Å². The maximum atomic E-state index is 13.4. The molecule has 41 heavy (non-hydrogen) atoms. The van der Waals surface area contributed by atoms with Crippen LogP contribution in [0, 0.1) is 5.92 Å². The predicted molar refractivity (Wildman–Crippen MR) is 153 cm³/mol. The Bertz CT molecular complexity index is 1150. The van der Waals surface area contributed by atoms with Gasteiger partial charge < -0.3 is 43.2 Å². The molecule has 2 aromatic rings. The lowest BCUT2D eigenvalue weighted by atomic mass is 10.0. The number of benzene rings is 1. The number of guanidine groups is 1. The number of carboxylic acids is 1. The van der Waals surface area contributed by atoms with Gasteiger partial charge in [-0.05, 0) is 30.7 Å². The van der Waals surface area contributed by atoms with Gasteiger partial charge in [0.25, 0.3) is 0 Å². The molecule has 0 aliphatic rings. The van der Waals surface area contributed by atoms with Crippen molar-refractivity contribution in [2.45, 2.75) is 70.1 Å². The van der Waals surface area contributed by atoms with Crippen molar-refractivity contribution >= 4 is 29.7 Å². The number of hydrogen-bond acceptors (Lipinski definition) is 7. The van der Waals surface area contributed by atoms with E-state index in [-0.39, 0.29) is 44.1 Å². The molecule has 0 aliphatic heterocycles. The molecule has 0 aliphatic carbocycles. The molecule has 3 amide bonds. The molecule has 1 heterocycles. The Balaban J connectivity index is 2.15. The zero-order chi connectivity index (χ0) is 30.4. The van der Waals surface area contributed by atoms with Gasteiger partial charge in [-0.2, -0.15) is 0 Å². The summed E-state index contributed by atoms with van der Waals surface area (Å²) in [5, 5.41) is 17.6. The first kappa shape index (κ1) is 32.8. The van der Waals surface area contributed by atoms with Crippen LogP contribution in [0.25, 0.3) is 0 Å². The van der Waals surface area contributed by atoms with Crippen LogP contribution < -0.4 is 33.2 Å². The number of aromatic nitrogens is 2. The molecular formula is C27H41N9O5. The van der Waals surface area contributed by atoms with Gasteiger partial charge in [0.2, 0.25) is 17.7 Å². The van der Waals surface area contributed by atoms with Gasteiger partial charge in [-0.3, -0.25) is 19.4 Å². The minimum Gasteiger partial charge on any atom is -0.480 e. The number of H-pyrrole nitrogens is 1. The van der Waals surface area contributed by atoms with E-state index in [2.05, 4.69) is 30.9 Å². The average Bonchev–Trinajstić information content (AvgIpc) is 3.42. The molecule has 0 bridgehead atoms. The second-order valence-electron chi connectivity index (χ2n) is 10.2. The van der Waals surface area contributed by atoms with E-state index < -0.39 is 47.9 Å². The Morgan fingerprint density at radius 3 is 2.17 bits per heavy atom. The highest BCUT2D eigenvalue weighted by Gasteiger charge is 2.31. The third-order valence-corrected chi connectivity index (χ3v) is 6.15. The summed E-state index contributed by atoms with van der Waals surface area (Å²) in [5.74, 6) is -3.15. The smallest absolute Gasteiger partial charge is 0.326 e. The molecule has 2 rings (SSSR count). The first-order chi connectivity index (χ1) is 19.5. The highest BCUT2D eigenvalue weighted by molar-refractivity contribution is 5.94. The van der Waals surface area contributed by atoms with E-state index in [1.165, 1.54) is 6.33 Å². The molecule has 0 spiro atoms. The minimum atomic E-state index is -1.20. The van der Waals surface area contributed by atoms with Crippen molar-refractivity contribution in [3.05, 3.63) is 54.1 Å². The number of nitrogens with one attached hydrogen (secondary N) is 4. The van der Waals surface area contributed by atoms with E-state index in [0.29, 0.717) is 12.1 Å². The maximum Gasteiger partial charge on any atom is 0.326 e. The summed E-state index contributed by atoms with van der Waals surface area (Å²) < 4.78 is 0. The van der Waals surface area contributed by atoms with E-state index in [0.717, 1.165) is 5.56 Å². The summed E-state index contributed by atoms with van der Waals surface area (Å²) in [6.07, 6.45) is 4.01. The van der Waals surface area contributed by atoms with Gasteiger partial charge in [-0.25, -0.2) is 9.78 Å². The zero-order valence-corrected chi connectivity index (χ0v) is 23.4. The van der Waals surface area contributed by atoms with E-state index in [9.17, 15) is 24.3 Å². The SMILES string of the molecule is CC(C)CC(NC(=O)C(CCCN=C(N)N)NC(=O)C(N)Cc1cnc[nH]1)C(=O)NC(Cc1ccccc1)C(=O)O. The van der Waals surface area contributed by atoms with E-state index in [4.69, 9.17) is 17.2 Å². The molecule has 11 N–H and O–H groups in total. The lowest BCUT2D eigenvalue weighted by Crippen LogP contribution is -2.57. The normalized spacial score (nSPS) is 13.9. The highest BCUT2D eigenvalue weighted by Crippen LogP contribution is 2.10. The Kier molecular flexibility index (Phi) is 13.3. The summed E-state index contributed by atoms with van der Waals surface area (Å²) in [5.41, 5.74) is 18.2. The zero-order valence-electron chi connectivity index (χ0n) is 23.4. The molecule has 4 unspecified atom stereocenters. The number of aliphatic carboxylic acids is 1. The van der Waals surface area contributed by atoms with Crippen LogP contribution in [0.15, 0.2) is 47.8 Å². The molecule has 14 nitrogen and oxygen atoms in total. The summed E-state index contributed by atoms with van der Waals surface area (Å²) >= 11 is 0. The number of nitrogens with zero attached hydrogens (tertiary/aromatic N) is 2. The number of amides is 3. The fourth-order valence-electron chi connectivity index (χ4n) is 4.07. The van der Waals surface area contributed by atoms with Crippen molar-refractivity contribution in [1.29, 1.82) is 0 Å². The van der Waals surface area contributed by atoms with E-state index in [1.807, 2.05) is 19.9 Å². The van der Waals surface area contributed by atoms with Crippen LogP contribution in [0.3, 0.4) is 0 Å². The number of nitrogens with two attached hydrogens (primary N) is 3. The van der Waals surface area contributed by atoms with Gasteiger partial charge in [-0.1, -0.05) is 44.2 Å². The van der Waals surface area contributed by atoms with Gasteiger partial charge in [0.05, 0.1) is 12.4 Å². The van der Waals surface area contributed by atoms with Gasteiger partial charge in [-0.15, -0.1) is 0 Å². The first-order valence-electron chi connectivity index (χ1n) is 13.4. The monoisotopic (exact) mass is 571 g/mol. The summed E-state index contributed by atoms with van der Waals surface area (Å²) in [7, 11) is 0. The number of aromatic amines is 1. The fraction of sp³-hybridized carbons (Fsp3) is 0.481. The van der Waals surface area contributed by atoms with Crippen molar-refractivity contribution in [1.82, 2.24) is 25.9 Å². The summed E-state index contributed by atoms with van der Waals surface area (Å²) in [6, 6.07) is 4.63. The number of aliphatic imine (C=N–C) groups is 1. The molecule has 0 saturated carbocycles. The molecule has 1 aromatic heterocycles. The summed E-state index contributed by atoms with van der Waals surface area (Å²) in [6.45, 7) is 3.96. The van der Waals surface area contributed by atoms with Gasteiger partial charge in [0, 0.05) is 31.3 Å². The third-order valence-electron chi connectivity index (χ3n) is 6.15. The maximum absolute atomic E-state index is 13.4. The Morgan fingerprint density at radius 2 is 1.59 bits per heavy atom. The molecule has 4 atom stereocenters. The Hall–Kier alpha value is -4.46. The number of carbonyl (C=O) groups is 4. The molecular weight excluding hydrogens is 530 g/mol. The number of carbonyl (C=O) groups excluding carboxylic acids is 3. The van der Waals surface area contributed by atoms with Crippen molar-refractivity contribution < 1.29 is 24.3 Å². The van der Waals surface area contributed by atoms with Crippen LogP contribution >= 0.6 is 0 Å². The van der Waals surface area contributed by atoms with Crippen LogP contribution in [0.4, 0.5) is 0 Å².